The van der Waals surface area contributed by atoms with Crippen molar-refractivity contribution in [1.82, 2.24) is 15.5 Å². The second-order valence-electron chi connectivity index (χ2n) is 6.99. The van der Waals surface area contributed by atoms with Crippen LogP contribution in [0.2, 0.25) is 0 Å². The normalized spacial score (nSPS) is 10.8. The Labute approximate surface area is 198 Å². The van der Waals surface area contributed by atoms with E-state index in [1.54, 1.807) is 30.3 Å². The quantitative estimate of drug-likeness (QED) is 0.212. The van der Waals surface area contributed by atoms with Gasteiger partial charge in [-0.25, -0.2) is 0 Å². The summed E-state index contributed by atoms with van der Waals surface area (Å²) in [6.45, 7) is 7.40. The second kappa shape index (κ2) is 13.0. The minimum atomic E-state index is -0.502. The zero-order valence-electron chi connectivity index (χ0n) is 18.5. The zero-order chi connectivity index (χ0) is 24.2. The highest BCUT2D eigenvalue weighted by molar-refractivity contribution is 7.80. The summed E-state index contributed by atoms with van der Waals surface area (Å²) in [6, 6.07) is 12.6. The standard InChI is InChI=1S/C23H27N5O4S/c1-3-27(4-2)15-14-24-22(30)18-9-11-19(12-10-18)25-23(33)26-21(29)13-8-17-6-5-7-20(16-17)28(31)32/h5-13,16H,3-4,14-15H2,1-2H3,(H,24,30)(H2,25,26,29,33)/b13-8+. The number of carbonyl (C=O) groups is 2. The van der Waals surface area contributed by atoms with Gasteiger partial charge in [0, 0.05) is 42.5 Å². The van der Waals surface area contributed by atoms with Crippen LogP contribution in [-0.2, 0) is 4.79 Å². The largest absolute Gasteiger partial charge is 0.351 e. The summed E-state index contributed by atoms with van der Waals surface area (Å²) in [7, 11) is 0. The van der Waals surface area contributed by atoms with Crippen LogP contribution in [0.25, 0.3) is 6.08 Å². The molecule has 0 unspecified atom stereocenters. The Balaban J connectivity index is 1.82. The third-order valence-corrected chi connectivity index (χ3v) is 4.96. The first kappa shape index (κ1) is 25.6. The van der Waals surface area contributed by atoms with Crippen molar-refractivity contribution < 1.29 is 14.5 Å². The number of nitrogens with one attached hydrogen (secondary N) is 3. The van der Waals surface area contributed by atoms with E-state index in [2.05, 4.69) is 34.7 Å². The molecule has 2 aromatic carbocycles. The van der Waals surface area contributed by atoms with Crippen molar-refractivity contribution in [1.29, 1.82) is 0 Å². The van der Waals surface area contributed by atoms with Crippen LogP contribution < -0.4 is 16.0 Å². The lowest BCUT2D eigenvalue weighted by Gasteiger charge is -2.18. The number of thiocarbonyl (C=S) groups is 1. The fourth-order valence-corrected chi connectivity index (χ4v) is 3.12. The van der Waals surface area contributed by atoms with Gasteiger partial charge in [-0.05, 0) is 61.2 Å². The first-order chi connectivity index (χ1) is 15.8. The van der Waals surface area contributed by atoms with Crippen LogP contribution in [0, 0.1) is 10.1 Å². The summed E-state index contributed by atoms with van der Waals surface area (Å²) in [5.41, 5.74) is 1.59. The van der Waals surface area contributed by atoms with Crippen molar-refractivity contribution in [2.45, 2.75) is 13.8 Å². The number of nitro groups is 1. The monoisotopic (exact) mass is 469 g/mol. The summed E-state index contributed by atoms with van der Waals surface area (Å²) >= 11 is 5.14. The molecule has 0 aliphatic rings. The molecule has 2 amide bonds. The van der Waals surface area contributed by atoms with E-state index in [9.17, 15) is 19.7 Å². The Morgan fingerprint density at radius 2 is 1.82 bits per heavy atom. The lowest BCUT2D eigenvalue weighted by atomic mass is 10.2. The van der Waals surface area contributed by atoms with E-state index in [-0.39, 0.29) is 16.7 Å². The Kier molecular flexibility index (Phi) is 10.1. The third kappa shape index (κ3) is 8.79. The SMILES string of the molecule is CCN(CC)CCNC(=O)c1ccc(NC(=S)NC(=O)/C=C/c2cccc([N+](=O)[O-])c2)cc1. The molecule has 0 saturated carbocycles. The molecule has 0 aliphatic carbocycles. The summed E-state index contributed by atoms with van der Waals surface area (Å²) < 4.78 is 0. The Hall–Kier alpha value is -3.63. The van der Waals surface area contributed by atoms with Crippen LogP contribution in [-0.4, -0.2) is 52.9 Å². The van der Waals surface area contributed by atoms with Crippen LogP contribution in [0.3, 0.4) is 0 Å². The molecule has 0 aliphatic heterocycles. The minimum Gasteiger partial charge on any atom is -0.351 e. The van der Waals surface area contributed by atoms with Gasteiger partial charge >= 0.3 is 0 Å². The number of hydrogen-bond donors (Lipinski definition) is 3. The smallest absolute Gasteiger partial charge is 0.270 e. The third-order valence-electron chi connectivity index (χ3n) is 4.76. The van der Waals surface area contributed by atoms with Gasteiger partial charge in [0.2, 0.25) is 5.91 Å². The fraction of sp³-hybridized carbons (Fsp3) is 0.261. The highest BCUT2D eigenvalue weighted by atomic mass is 32.1. The molecule has 0 fully saturated rings. The van der Waals surface area contributed by atoms with Crippen LogP contribution in [0.15, 0.2) is 54.6 Å². The van der Waals surface area contributed by atoms with E-state index in [0.717, 1.165) is 19.6 Å². The molecule has 0 atom stereocenters. The van der Waals surface area contributed by atoms with Gasteiger partial charge in [-0.3, -0.25) is 25.0 Å². The maximum absolute atomic E-state index is 12.3. The predicted molar refractivity (Wildman–Crippen MR) is 133 cm³/mol. The molecular weight excluding hydrogens is 442 g/mol. The second-order valence-corrected chi connectivity index (χ2v) is 7.40. The van der Waals surface area contributed by atoms with Crippen molar-refractivity contribution in [3.05, 3.63) is 75.8 Å². The molecule has 33 heavy (non-hydrogen) atoms. The molecule has 2 rings (SSSR count). The number of benzene rings is 2. The van der Waals surface area contributed by atoms with E-state index in [1.807, 2.05) is 0 Å². The van der Waals surface area contributed by atoms with Gasteiger partial charge in [-0.2, -0.15) is 0 Å². The fourth-order valence-electron chi connectivity index (χ4n) is 2.90. The van der Waals surface area contributed by atoms with Crippen molar-refractivity contribution in [2.75, 3.05) is 31.5 Å². The van der Waals surface area contributed by atoms with E-state index < -0.39 is 10.8 Å². The molecule has 9 nitrogen and oxygen atoms in total. The number of likely N-dealkylation sites (N-methyl/N-ethyl adjacent to an activating group) is 1. The van der Waals surface area contributed by atoms with Gasteiger partial charge in [0.25, 0.3) is 11.6 Å². The highest BCUT2D eigenvalue weighted by Gasteiger charge is 2.08. The Morgan fingerprint density at radius 3 is 2.45 bits per heavy atom. The van der Waals surface area contributed by atoms with Gasteiger partial charge in [-0.1, -0.05) is 26.0 Å². The molecular formula is C23H27N5O4S. The molecule has 174 valence electrons. The van der Waals surface area contributed by atoms with Crippen LogP contribution in [0.5, 0.6) is 0 Å². The van der Waals surface area contributed by atoms with Gasteiger partial charge in [0.1, 0.15) is 0 Å². The minimum absolute atomic E-state index is 0.0595. The van der Waals surface area contributed by atoms with Crippen LogP contribution in [0.1, 0.15) is 29.8 Å². The summed E-state index contributed by atoms with van der Waals surface area (Å²) in [4.78, 5) is 36.8. The number of carbonyl (C=O) groups excluding carboxylic acids is 2. The zero-order valence-corrected chi connectivity index (χ0v) is 19.4. The van der Waals surface area contributed by atoms with Crippen molar-refractivity contribution in [3.8, 4) is 0 Å². The van der Waals surface area contributed by atoms with E-state index in [4.69, 9.17) is 12.2 Å². The first-order valence-corrected chi connectivity index (χ1v) is 10.9. The number of rotatable bonds is 10. The highest BCUT2D eigenvalue weighted by Crippen LogP contribution is 2.14. The van der Waals surface area contributed by atoms with Crippen molar-refractivity contribution in [3.63, 3.8) is 0 Å². The average molecular weight is 470 g/mol. The lowest BCUT2D eigenvalue weighted by molar-refractivity contribution is -0.384. The number of amides is 2. The number of non-ortho nitro benzene ring substituents is 1. The van der Waals surface area contributed by atoms with Gasteiger partial charge in [-0.15, -0.1) is 0 Å². The molecule has 0 heterocycles. The average Bonchev–Trinajstić information content (AvgIpc) is 2.81. The number of nitro benzene ring substituents is 1. The van der Waals surface area contributed by atoms with Gasteiger partial charge in [0.15, 0.2) is 5.11 Å². The van der Waals surface area contributed by atoms with E-state index in [0.29, 0.717) is 23.4 Å². The van der Waals surface area contributed by atoms with Crippen molar-refractivity contribution >= 4 is 46.6 Å². The Morgan fingerprint density at radius 1 is 1.12 bits per heavy atom. The molecule has 2 aromatic rings. The maximum Gasteiger partial charge on any atom is 0.270 e. The van der Waals surface area contributed by atoms with Crippen LogP contribution >= 0.6 is 12.2 Å². The van der Waals surface area contributed by atoms with E-state index >= 15 is 0 Å². The van der Waals surface area contributed by atoms with Gasteiger partial charge < -0.3 is 15.5 Å². The number of hydrogen-bond acceptors (Lipinski definition) is 6. The predicted octanol–water partition coefficient (Wildman–Crippen LogP) is 3.19. The lowest BCUT2D eigenvalue weighted by Crippen LogP contribution is -2.34. The molecule has 0 radical (unpaired) electrons. The summed E-state index contributed by atoms with van der Waals surface area (Å²) in [5, 5.41) is 19.2. The molecule has 0 saturated heterocycles. The Bertz CT molecular complexity index is 1020. The maximum atomic E-state index is 12.3. The number of anilines is 1. The van der Waals surface area contributed by atoms with Crippen molar-refractivity contribution in [2.24, 2.45) is 0 Å². The molecule has 0 bridgehead atoms. The molecule has 3 N–H and O–H groups in total. The van der Waals surface area contributed by atoms with E-state index in [1.165, 1.54) is 30.4 Å². The van der Waals surface area contributed by atoms with Crippen LogP contribution in [0.4, 0.5) is 11.4 Å². The summed E-state index contributed by atoms with van der Waals surface area (Å²) in [6.07, 6.45) is 2.69. The van der Waals surface area contributed by atoms with Gasteiger partial charge in [0.05, 0.1) is 4.92 Å². The first-order valence-electron chi connectivity index (χ1n) is 10.5. The number of nitrogens with zero attached hydrogens (tertiary/aromatic N) is 2. The molecule has 10 heteroatoms. The summed E-state index contributed by atoms with van der Waals surface area (Å²) in [5.74, 6) is -0.640. The molecule has 0 spiro atoms. The molecule has 0 aromatic heterocycles. The topological polar surface area (TPSA) is 117 Å².